The molecule has 3 nitrogen and oxygen atoms in total. The van der Waals surface area contributed by atoms with Gasteiger partial charge in [-0.3, -0.25) is 4.98 Å². The molecule has 2 atom stereocenters. The molecule has 0 radical (unpaired) electrons. The molecule has 0 aliphatic heterocycles. The summed E-state index contributed by atoms with van der Waals surface area (Å²) in [6, 6.07) is 8.65. The average molecular weight is 241 g/mol. The highest BCUT2D eigenvalue weighted by molar-refractivity contribution is 5.97. The van der Waals surface area contributed by atoms with Gasteiger partial charge in [0.2, 0.25) is 0 Å². The highest BCUT2D eigenvalue weighted by atomic mass is 15.0. The van der Waals surface area contributed by atoms with E-state index in [4.69, 9.17) is 5.73 Å². The molecule has 2 unspecified atom stereocenters. The largest absolute Gasteiger partial charge is 0.397 e. The van der Waals surface area contributed by atoms with Gasteiger partial charge in [-0.15, -0.1) is 0 Å². The molecule has 0 amide bonds. The van der Waals surface area contributed by atoms with E-state index in [0.29, 0.717) is 6.04 Å². The Kier molecular flexibility index (Phi) is 2.82. The zero-order valence-corrected chi connectivity index (χ0v) is 10.7. The number of nitrogens with zero attached hydrogens (tertiary/aromatic N) is 1. The molecule has 1 aromatic carbocycles. The number of para-hydroxylation sites is 1. The lowest BCUT2D eigenvalue weighted by atomic mass is 10.1. The third-order valence-electron chi connectivity index (χ3n) is 3.73. The molecule has 3 heteroatoms. The highest BCUT2D eigenvalue weighted by Gasteiger charge is 2.36. The number of anilines is 2. The van der Waals surface area contributed by atoms with Gasteiger partial charge in [-0.25, -0.2) is 0 Å². The molecule has 3 N–H and O–H groups in total. The summed E-state index contributed by atoms with van der Waals surface area (Å²) in [5, 5.41) is 4.75. The summed E-state index contributed by atoms with van der Waals surface area (Å²) in [6.07, 6.45) is 5.72. The summed E-state index contributed by atoms with van der Waals surface area (Å²) in [6.45, 7) is 2.25. The van der Waals surface area contributed by atoms with Crippen LogP contribution < -0.4 is 11.1 Å². The van der Waals surface area contributed by atoms with E-state index in [1.165, 1.54) is 19.3 Å². The number of nitrogen functional groups attached to an aromatic ring is 1. The Morgan fingerprint density at radius 3 is 3.11 bits per heavy atom. The minimum absolute atomic E-state index is 0.636. The van der Waals surface area contributed by atoms with E-state index in [1.54, 1.807) is 0 Å². The molecule has 3 rings (SSSR count). The first kappa shape index (κ1) is 11.3. The number of rotatable bonds is 4. The van der Waals surface area contributed by atoms with Crippen LogP contribution in [0.5, 0.6) is 0 Å². The van der Waals surface area contributed by atoms with Crippen LogP contribution in [0, 0.1) is 5.92 Å². The van der Waals surface area contributed by atoms with E-state index in [2.05, 4.69) is 23.3 Å². The van der Waals surface area contributed by atoms with Crippen molar-refractivity contribution in [2.75, 3.05) is 11.1 Å². The lowest BCUT2D eigenvalue weighted by molar-refractivity contribution is 0.693. The summed E-state index contributed by atoms with van der Waals surface area (Å²) in [5.41, 5.74) is 8.76. The number of hydrogen-bond donors (Lipinski definition) is 2. The van der Waals surface area contributed by atoms with Gasteiger partial charge >= 0.3 is 0 Å². The molecular weight excluding hydrogens is 222 g/mol. The molecule has 1 fully saturated rings. The van der Waals surface area contributed by atoms with Gasteiger partial charge in [-0.1, -0.05) is 25.5 Å². The van der Waals surface area contributed by atoms with Crippen molar-refractivity contribution in [3.05, 3.63) is 30.5 Å². The van der Waals surface area contributed by atoms with Gasteiger partial charge in [0, 0.05) is 23.3 Å². The Morgan fingerprint density at radius 2 is 2.28 bits per heavy atom. The van der Waals surface area contributed by atoms with Crippen LogP contribution >= 0.6 is 0 Å². The molecule has 0 saturated heterocycles. The summed E-state index contributed by atoms with van der Waals surface area (Å²) >= 11 is 0. The van der Waals surface area contributed by atoms with Crippen molar-refractivity contribution in [2.24, 2.45) is 5.92 Å². The van der Waals surface area contributed by atoms with Gasteiger partial charge in [0.25, 0.3) is 0 Å². The van der Waals surface area contributed by atoms with Gasteiger partial charge in [-0.2, -0.15) is 0 Å². The van der Waals surface area contributed by atoms with Crippen LogP contribution in [0.4, 0.5) is 11.4 Å². The van der Waals surface area contributed by atoms with Crippen molar-refractivity contribution >= 4 is 22.3 Å². The maximum atomic E-state index is 5.96. The number of pyridine rings is 1. The van der Waals surface area contributed by atoms with Gasteiger partial charge in [0.1, 0.15) is 0 Å². The first-order valence-electron chi connectivity index (χ1n) is 6.69. The van der Waals surface area contributed by atoms with E-state index in [0.717, 1.165) is 28.2 Å². The van der Waals surface area contributed by atoms with Crippen LogP contribution in [0.3, 0.4) is 0 Å². The number of benzene rings is 1. The second-order valence-electron chi connectivity index (χ2n) is 5.14. The van der Waals surface area contributed by atoms with E-state index in [-0.39, 0.29) is 0 Å². The van der Waals surface area contributed by atoms with Crippen molar-refractivity contribution in [3.63, 3.8) is 0 Å². The van der Waals surface area contributed by atoms with Crippen LogP contribution in [-0.4, -0.2) is 11.0 Å². The van der Waals surface area contributed by atoms with Gasteiger partial charge in [0.15, 0.2) is 0 Å². The lowest BCUT2D eigenvalue weighted by Crippen LogP contribution is -2.05. The number of nitrogens with one attached hydrogen (secondary N) is 1. The molecule has 0 spiro atoms. The first-order chi connectivity index (χ1) is 8.79. The Balaban J connectivity index is 1.87. The number of aromatic nitrogens is 1. The SMILES string of the molecule is CCCC1CC1Nc1ccnc2c(N)cccc12. The maximum Gasteiger partial charge on any atom is 0.0951 e. The van der Waals surface area contributed by atoms with Gasteiger partial charge in [-0.05, 0) is 30.9 Å². The molecular formula is C15H19N3. The molecule has 18 heavy (non-hydrogen) atoms. The minimum atomic E-state index is 0.636. The van der Waals surface area contributed by atoms with E-state index in [9.17, 15) is 0 Å². The second kappa shape index (κ2) is 4.48. The first-order valence-corrected chi connectivity index (χ1v) is 6.69. The molecule has 1 aliphatic carbocycles. The highest BCUT2D eigenvalue weighted by Crippen LogP contribution is 2.38. The molecule has 1 aromatic heterocycles. The van der Waals surface area contributed by atoms with Crippen LogP contribution in [0.15, 0.2) is 30.5 Å². The predicted molar refractivity (Wildman–Crippen MR) is 76.6 cm³/mol. The average Bonchev–Trinajstić information content (AvgIpc) is 3.09. The van der Waals surface area contributed by atoms with Crippen LogP contribution in [0.2, 0.25) is 0 Å². The molecule has 1 saturated carbocycles. The number of nitrogens with two attached hydrogens (primary N) is 1. The van der Waals surface area contributed by atoms with E-state index < -0.39 is 0 Å². The third kappa shape index (κ3) is 2.01. The molecule has 1 aliphatic rings. The van der Waals surface area contributed by atoms with Crippen molar-refractivity contribution in [2.45, 2.75) is 32.2 Å². The predicted octanol–water partition coefficient (Wildman–Crippen LogP) is 3.42. The third-order valence-corrected chi connectivity index (χ3v) is 3.73. The molecule has 94 valence electrons. The monoisotopic (exact) mass is 241 g/mol. The number of hydrogen-bond acceptors (Lipinski definition) is 3. The lowest BCUT2D eigenvalue weighted by Gasteiger charge is -2.10. The van der Waals surface area contributed by atoms with E-state index in [1.807, 2.05) is 24.4 Å². The Bertz CT molecular complexity index is 565. The summed E-state index contributed by atoms with van der Waals surface area (Å²) in [4.78, 5) is 4.36. The Morgan fingerprint density at radius 1 is 1.39 bits per heavy atom. The molecule has 2 aromatic rings. The van der Waals surface area contributed by atoms with Gasteiger partial charge < -0.3 is 11.1 Å². The Labute approximate surface area is 107 Å². The fourth-order valence-corrected chi connectivity index (χ4v) is 2.64. The fraction of sp³-hybridized carbons (Fsp3) is 0.400. The van der Waals surface area contributed by atoms with Crippen LogP contribution in [0.1, 0.15) is 26.2 Å². The van der Waals surface area contributed by atoms with Crippen molar-refractivity contribution in [1.82, 2.24) is 4.98 Å². The summed E-state index contributed by atoms with van der Waals surface area (Å²) in [5.74, 6) is 0.847. The second-order valence-corrected chi connectivity index (χ2v) is 5.14. The van der Waals surface area contributed by atoms with Crippen molar-refractivity contribution in [3.8, 4) is 0 Å². The van der Waals surface area contributed by atoms with E-state index >= 15 is 0 Å². The molecule has 0 bridgehead atoms. The maximum absolute atomic E-state index is 5.96. The van der Waals surface area contributed by atoms with Crippen molar-refractivity contribution < 1.29 is 0 Å². The summed E-state index contributed by atoms with van der Waals surface area (Å²) < 4.78 is 0. The quantitative estimate of drug-likeness (QED) is 0.806. The normalized spacial score (nSPS) is 22.1. The zero-order chi connectivity index (χ0) is 12.5. The Hall–Kier alpha value is -1.77. The number of fused-ring (bicyclic) bond motifs is 1. The molecule has 1 heterocycles. The summed E-state index contributed by atoms with van der Waals surface area (Å²) in [7, 11) is 0. The topological polar surface area (TPSA) is 50.9 Å². The van der Waals surface area contributed by atoms with Gasteiger partial charge in [0.05, 0.1) is 11.2 Å². The van der Waals surface area contributed by atoms with Crippen LogP contribution in [0.25, 0.3) is 10.9 Å². The van der Waals surface area contributed by atoms with Crippen LogP contribution in [-0.2, 0) is 0 Å². The standard InChI is InChI=1S/C15H19N3/c1-2-4-10-9-14(10)18-13-7-8-17-15-11(13)5-3-6-12(15)16/h3,5-8,10,14H,2,4,9,16H2,1H3,(H,17,18). The minimum Gasteiger partial charge on any atom is -0.397 e. The smallest absolute Gasteiger partial charge is 0.0951 e. The van der Waals surface area contributed by atoms with Crippen molar-refractivity contribution in [1.29, 1.82) is 0 Å². The zero-order valence-electron chi connectivity index (χ0n) is 10.7. The fourth-order valence-electron chi connectivity index (χ4n) is 2.64.